The van der Waals surface area contributed by atoms with Gasteiger partial charge in [0.15, 0.2) is 0 Å². The highest BCUT2D eigenvalue weighted by molar-refractivity contribution is 5.91. The SMILES string of the molecule is Cc1cc(C)nc(Nc2cc(C3CCN(C(=O)/C=C/c4ccco4)C3)nc(C)n2)n1. The Balaban J connectivity index is 1.46. The van der Waals surface area contributed by atoms with Gasteiger partial charge in [0, 0.05) is 42.5 Å². The van der Waals surface area contributed by atoms with Crippen LogP contribution in [-0.2, 0) is 4.79 Å². The Labute approximate surface area is 175 Å². The first-order valence-electron chi connectivity index (χ1n) is 9.91. The molecule has 1 fully saturated rings. The third-order valence-corrected chi connectivity index (χ3v) is 4.93. The summed E-state index contributed by atoms with van der Waals surface area (Å²) in [5, 5.41) is 3.18. The smallest absolute Gasteiger partial charge is 0.246 e. The van der Waals surface area contributed by atoms with Crippen molar-refractivity contribution in [2.45, 2.75) is 33.1 Å². The van der Waals surface area contributed by atoms with Gasteiger partial charge in [-0.1, -0.05) is 0 Å². The van der Waals surface area contributed by atoms with E-state index in [0.29, 0.717) is 36.4 Å². The summed E-state index contributed by atoms with van der Waals surface area (Å²) in [5.74, 6) is 2.64. The molecule has 1 saturated heterocycles. The Morgan fingerprint density at radius 2 is 1.97 bits per heavy atom. The average Bonchev–Trinajstić information content (AvgIpc) is 3.37. The van der Waals surface area contributed by atoms with E-state index >= 15 is 0 Å². The molecule has 0 radical (unpaired) electrons. The van der Waals surface area contributed by atoms with Crippen molar-refractivity contribution in [3.63, 3.8) is 0 Å². The van der Waals surface area contributed by atoms with Crippen molar-refractivity contribution in [2.24, 2.45) is 0 Å². The summed E-state index contributed by atoms with van der Waals surface area (Å²) in [6.45, 7) is 7.04. The number of carbonyl (C=O) groups excluding carboxylic acids is 1. The van der Waals surface area contributed by atoms with Gasteiger partial charge in [0.1, 0.15) is 17.4 Å². The fourth-order valence-electron chi connectivity index (χ4n) is 3.61. The molecule has 1 amide bonds. The van der Waals surface area contributed by atoms with Gasteiger partial charge in [0.05, 0.1) is 12.0 Å². The van der Waals surface area contributed by atoms with E-state index in [1.807, 2.05) is 43.9 Å². The van der Waals surface area contributed by atoms with Crippen LogP contribution >= 0.6 is 0 Å². The maximum Gasteiger partial charge on any atom is 0.246 e. The fourth-order valence-corrected chi connectivity index (χ4v) is 3.61. The molecule has 0 bridgehead atoms. The van der Waals surface area contributed by atoms with Crippen LogP contribution in [0.4, 0.5) is 11.8 Å². The number of anilines is 2. The number of likely N-dealkylation sites (tertiary alicyclic amines) is 1. The summed E-state index contributed by atoms with van der Waals surface area (Å²) in [5.41, 5.74) is 2.70. The Hall–Kier alpha value is -3.55. The molecule has 3 aromatic heterocycles. The molecule has 0 saturated carbocycles. The number of rotatable bonds is 5. The molecular formula is C22H24N6O2. The normalized spacial score (nSPS) is 16.4. The van der Waals surface area contributed by atoms with Crippen molar-refractivity contribution in [3.8, 4) is 0 Å². The van der Waals surface area contributed by atoms with Gasteiger partial charge in [0.2, 0.25) is 11.9 Å². The summed E-state index contributed by atoms with van der Waals surface area (Å²) >= 11 is 0. The lowest BCUT2D eigenvalue weighted by Crippen LogP contribution is -2.26. The molecule has 1 unspecified atom stereocenters. The Kier molecular flexibility index (Phi) is 5.56. The molecule has 0 aromatic carbocycles. The first kappa shape index (κ1) is 19.8. The Morgan fingerprint density at radius 1 is 1.17 bits per heavy atom. The number of nitrogens with zero attached hydrogens (tertiary/aromatic N) is 5. The van der Waals surface area contributed by atoms with Gasteiger partial charge < -0.3 is 14.6 Å². The molecular weight excluding hydrogens is 380 g/mol. The van der Waals surface area contributed by atoms with Gasteiger partial charge in [-0.05, 0) is 51.5 Å². The van der Waals surface area contributed by atoms with Crippen molar-refractivity contribution in [1.82, 2.24) is 24.8 Å². The van der Waals surface area contributed by atoms with Crippen LogP contribution in [0.1, 0.15) is 41.0 Å². The molecule has 1 aliphatic heterocycles. The average molecular weight is 404 g/mol. The molecule has 8 nitrogen and oxygen atoms in total. The van der Waals surface area contributed by atoms with Gasteiger partial charge in [-0.2, -0.15) is 0 Å². The molecule has 8 heteroatoms. The van der Waals surface area contributed by atoms with Crippen molar-refractivity contribution >= 4 is 23.7 Å². The van der Waals surface area contributed by atoms with E-state index in [4.69, 9.17) is 4.42 Å². The highest BCUT2D eigenvalue weighted by Gasteiger charge is 2.28. The Bertz CT molecular complexity index is 1060. The molecule has 3 aromatic rings. The number of hydrogen-bond acceptors (Lipinski definition) is 7. The fraction of sp³-hybridized carbons (Fsp3) is 0.318. The van der Waals surface area contributed by atoms with Gasteiger partial charge in [0.25, 0.3) is 0 Å². The predicted molar refractivity (Wildman–Crippen MR) is 113 cm³/mol. The van der Waals surface area contributed by atoms with Crippen LogP contribution < -0.4 is 5.32 Å². The van der Waals surface area contributed by atoms with Crippen molar-refractivity contribution in [2.75, 3.05) is 18.4 Å². The number of aryl methyl sites for hydroxylation is 3. The summed E-state index contributed by atoms with van der Waals surface area (Å²) in [4.78, 5) is 32.2. The first-order chi connectivity index (χ1) is 14.5. The van der Waals surface area contributed by atoms with Crippen LogP contribution in [-0.4, -0.2) is 43.8 Å². The minimum Gasteiger partial charge on any atom is -0.465 e. The quantitative estimate of drug-likeness (QED) is 0.649. The topological polar surface area (TPSA) is 97.0 Å². The summed E-state index contributed by atoms with van der Waals surface area (Å²) in [6.07, 6.45) is 5.69. The standard InChI is InChI=1S/C22H24N6O2/c1-14-11-15(2)24-22(23-14)27-20-12-19(25-16(3)26-20)17-8-9-28(13-17)21(29)7-6-18-5-4-10-30-18/h4-7,10-12,17H,8-9,13H2,1-3H3,(H,23,24,25,26,27)/b7-6+. The molecule has 0 aliphatic carbocycles. The van der Waals surface area contributed by atoms with Crippen molar-refractivity contribution < 1.29 is 9.21 Å². The summed E-state index contributed by atoms with van der Waals surface area (Å²) < 4.78 is 5.24. The molecule has 30 heavy (non-hydrogen) atoms. The third-order valence-electron chi connectivity index (χ3n) is 4.93. The zero-order valence-corrected chi connectivity index (χ0v) is 17.3. The van der Waals surface area contributed by atoms with Crippen LogP contribution in [0.5, 0.6) is 0 Å². The number of aromatic nitrogens is 4. The van der Waals surface area contributed by atoms with E-state index in [0.717, 1.165) is 23.5 Å². The van der Waals surface area contributed by atoms with E-state index in [1.165, 1.54) is 0 Å². The minimum atomic E-state index is -0.0262. The molecule has 1 aliphatic rings. The first-order valence-corrected chi connectivity index (χ1v) is 9.91. The van der Waals surface area contributed by atoms with E-state index in [1.54, 1.807) is 24.5 Å². The highest BCUT2D eigenvalue weighted by atomic mass is 16.3. The lowest BCUT2D eigenvalue weighted by molar-refractivity contribution is -0.124. The molecule has 4 heterocycles. The largest absolute Gasteiger partial charge is 0.465 e. The molecule has 4 rings (SSSR count). The zero-order valence-electron chi connectivity index (χ0n) is 17.3. The monoisotopic (exact) mass is 404 g/mol. The van der Waals surface area contributed by atoms with Crippen molar-refractivity contribution in [1.29, 1.82) is 0 Å². The van der Waals surface area contributed by atoms with Crippen molar-refractivity contribution in [3.05, 3.63) is 65.3 Å². The number of furan rings is 1. The van der Waals surface area contributed by atoms with Crippen LogP contribution in [0.25, 0.3) is 6.08 Å². The second kappa shape index (κ2) is 8.44. The van der Waals surface area contributed by atoms with Crippen LogP contribution in [0.3, 0.4) is 0 Å². The summed E-state index contributed by atoms with van der Waals surface area (Å²) in [7, 11) is 0. The summed E-state index contributed by atoms with van der Waals surface area (Å²) in [6, 6.07) is 7.45. The Morgan fingerprint density at radius 3 is 2.70 bits per heavy atom. The van der Waals surface area contributed by atoms with Gasteiger partial charge in [-0.15, -0.1) is 0 Å². The second-order valence-corrected chi connectivity index (χ2v) is 7.44. The highest BCUT2D eigenvalue weighted by Crippen LogP contribution is 2.28. The van der Waals surface area contributed by atoms with Crippen LogP contribution in [0, 0.1) is 20.8 Å². The lowest BCUT2D eigenvalue weighted by atomic mass is 10.0. The predicted octanol–water partition coefficient (Wildman–Crippen LogP) is 3.56. The number of hydrogen-bond donors (Lipinski definition) is 1. The minimum absolute atomic E-state index is 0.0262. The number of amides is 1. The maximum atomic E-state index is 12.5. The maximum absolute atomic E-state index is 12.5. The van der Waals surface area contributed by atoms with Crippen LogP contribution in [0.2, 0.25) is 0 Å². The van der Waals surface area contributed by atoms with E-state index in [9.17, 15) is 4.79 Å². The number of carbonyl (C=O) groups is 1. The number of nitrogens with one attached hydrogen (secondary N) is 1. The van der Waals surface area contributed by atoms with Crippen LogP contribution in [0.15, 0.2) is 41.0 Å². The lowest BCUT2D eigenvalue weighted by Gasteiger charge is -2.15. The van der Waals surface area contributed by atoms with Gasteiger partial charge in [-0.3, -0.25) is 4.79 Å². The zero-order chi connectivity index (χ0) is 21.1. The molecule has 1 atom stereocenters. The molecule has 1 N–H and O–H groups in total. The molecule has 0 spiro atoms. The van der Waals surface area contributed by atoms with E-state index in [2.05, 4.69) is 25.3 Å². The second-order valence-electron chi connectivity index (χ2n) is 7.44. The van der Waals surface area contributed by atoms with E-state index < -0.39 is 0 Å². The van der Waals surface area contributed by atoms with E-state index in [-0.39, 0.29) is 11.8 Å². The third kappa shape index (κ3) is 4.71. The molecule has 154 valence electrons. The van der Waals surface area contributed by atoms with Gasteiger partial charge in [-0.25, -0.2) is 19.9 Å². The van der Waals surface area contributed by atoms with Gasteiger partial charge >= 0.3 is 0 Å².